The number of aromatic carboxylic acids is 1. The van der Waals surface area contributed by atoms with Crippen molar-refractivity contribution in [2.75, 3.05) is 13.7 Å². The van der Waals surface area contributed by atoms with Crippen LogP contribution in [0.5, 0.6) is 11.5 Å². The molecule has 0 spiro atoms. The van der Waals surface area contributed by atoms with E-state index in [2.05, 4.69) is 11.9 Å². The van der Waals surface area contributed by atoms with Gasteiger partial charge in [-0.05, 0) is 41.5 Å². The lowest BCUT2D eigenvalue weighted by molar-refractivity contribution is -0.129. The second-order valence-electron chi connectivity index (χ2n) is 6.72. The van der Waals surface area contributed by atoms with Crippen molar-refractivity contribution in [1.82, 2.24) is 10.2 Å². The van der Waals surface area contributed by atoms with Crippen molar-refractivity contribution in [2.24, 2.45) is 0 Å². The van der Waals surface area contributed by atoms with Crippen LogP contribution in [-0.4, -0.2) is 47.5 Å². The van der Waals surface area contributed by atoms with Gasteiger partial charge in [0, 0.05) is 6.54 Å². The summed E-state index contributed by atoms with van der Waals surface area (Å²) >= 11 is 0. The van der Waals surface area contributed by atoms with Crippen LogP contribution < -0.4 is 14.8 Å². The molecule has 1 saturated heterocycles. The van der Waals surface area contributed by atoms with Gasteiger partial charge in [-0.1, -0.05) is 24.3 Å². The minimum absolute atomic E-state index is 0.0289. The number of urea groups is 1. The number of barbiturate groups is 1. The van der Waals surface area contributed by atoms with Gasteiger partial charge in [0.15, 0.2) is 11.5 Å². The summed E-state index contributed by atoms with van der Waals surface area (Å²) in [6.45, 7) is 3.65. The van der Waals surface area contributed by atoms with Gasteiger partial charge in [-0.2, -0.15) is 0 Å². The molecule has 0 aromatic heterocycles. The highest BCUT2D eigenvalue weighted by molar-refractivity contribution is 6.31. The highest BCUT2D eigenvalue weighted by Crippen LogP contribution is 2.30. The Hall–Kier alpha value is -4.40. The zero-order chi connectivity index (χ0) is 23.3. The van der Waals surface area contributed by atoms with E-state index < -0.39 is 23.8 Å². The number of hydrogen-bond acceptors (Lipinski definition) is 6. The first-order valence-electron chi connectivity index (χ1n) is 9.47. The summed E-state index contributed by atoms with van der Waals surface area (Å²) in [5.74, 6) is -1.73. The minimum Gasteiger partial charge on any atom is -0.493 e. The Balaban J connectivity index is 1.79. The Labute approximate surface area is 183 Å². The van der Waals surface area contributed by atoms with Gasteiger partial charge in [0.2, 0.25) is 0 Å². The molecule has 0 bridgehead atoms. The highest BCUT2D eigenvalue weighted by atomic mass is 16.5. The number of nitrogens with zero attached hydrogens (tertiary/aromatic N) is 1. The van der Waals surface area contributed by atoms with E-state index in [0.717, 1.165) is 10.5 Å². The number of benzene rings is 2. The van der Waals surface area contributed by atoms with E-state index in [9.17, 15) is 19.2 Å². The van der Waals surface area contributed by atoms with E-state index in [1.807, 2.05) is 0 Å². The molecule has 2 aromatic rings. The third kappa shape index (κ3) is 4.84. The van der Waals surface area contributed by atoms with Crippen LogP contribution in [0.3, 0.4) is 0 Å². The molecular formula is C23H20N2O7. The van der Waals surface area contributed by atoms with Crippen molar-refractivity contribution in [2.45, 2.75) is 6.61 Å². The van der Waals surface area contributed by atoms with Gasteiger partial charge in [0.1, 0.15) is 12.2 Å². The molecule has 1 aliphatic heterocycles. The van der Waals surface area contributed by atoms with E-state index in [-0.39, 0.29) is 24.3 Å². The number of methoxy groups -OCH3 is 1. The molecule has 0 atom stereocenters. The fraction of sp³-hybridized carbons (Fsp3) is 0.130. The van der Waals surface area contributed by atoms with E-state index in [1.54, 1.807) is 30.3 Å². The van der Waals surface area contributed by atoms with Gasteiger partial charge in [0.25, 0.3) is 11.8 Å². The zero-order valence-electron chi connectivity index (χ0n) is 17.2. The van der Waals surface area contributed by atoms with Crippen molar-refractivity contribution in [1.29, 1.82) is 0 Å². The fourth-order valence-electron chi connectivity index (χ4n) is 2.95. The number of rotatable bonds is 8. The Morgan fingerprint density at radius 2 is 1.84 bits per heavy atom. The predicted molar refractivity (Wildman–Crippen MR) is 114 cm³/mol. The number of nitrogens with one attached hydrogen (secondary N) is 1. The monoisotopic (exact) mass is 436 g/mol. The number of hydrogen-bond donors (Lipinski definition) is 2. The lowest BCUT2D eigenvalue weighted by atomic mass is 10.1. The molecule has 9 nitrogen and oxygen atoms in total. The molecule has 0 radical (unpaired) electrons. The van der Waals surface area contributed by atoms with Crippen LogP contribution in [0.2, 0.25) is 0 Å². The summed E-state index contributed by atoms with van der Waals surface area (Å²) in [4.78, 5) is 48.3. The molecule has 32 heavy (non-hydrogen) atoms. The molecule has 1 aliphatic rings. The Morgan fingerprint density at radius 1 is 1.12 bits per heavy atom. The number of carbonyl (C=O) groups excluding carboxylic acids is 3. The molecule has 2 aromatic carbocycles. The molecule has 1 fully saturated rings. The zero-order valence-corrected chi connectivity index (χ0v) is 17.2. The summed E-state index contributed by atoms with van der Waals surface area (Å²) in [7, 11) is 1.45. The molecule has 0 saturated carbocycles. The Kier molecular flexibility index (Phi) is 6.69. The Bertz CT molecular complexity index is 1120. The minimum atomic E-state index is -1.01. The first-order chi connectivity index (χ1) is 15.3. The number of carbonyl (C=O) groups is 4. The number of amides is 4. The first kappa shape index (κ1) is 22.3. The average Bonchev–Trinajstić information content (AvgIpc) is 2.78. The fourth-order valence-corrected chi connectivity index (χ4v) is 2.95. The quantitative estimate of drug-likeness (QED) is 0.371. The largest absolute Gasteiger partial charge is 0.493 e. The van der Waals surface area contributed by atoms with Crippen LogP contribution in [0.4, 0.5) is 4.79 Å². The molecular weight excluding hydrogens is 416 g/mol. The third-order valence-electron chi connectivity index (χ3n) is 4.59. The van der Waals surface area contributed by atoms with Crippen LogP contribution in [0, 0.1) is 0 Å². The Morgan fingerprint density at radius 3 is 2.47 bits per heavy atom. The number of ether oxygens (including phenoxy) is 2. The maximum absolute atomic E-state index is 12.5. The lowest BCUT2D eigenvalue weighted by Crippen LogP contribution is -2.54. The van der Waals surface area contributed by atoms with E-state index in [0.29, 0.717) is 17.1 Å². The summed E-state index contributed by atoms with van der Waals surface area (Å²) in [6, 6.07) is 10.3. The molecule has 2 N–H and O–H groups in total. The molecule has 0 aliphatic carbocycles. The summed E-state index contributed by atoms with van der Waals surface area (Å²) in [5.41, 5.74) is 1.24. The van der Waals surface area contributed by atoms with Gasteiger partial charge in [-0.15, -0.1) is 6.58 Å². The van der Waals surface area contributed by atoms with E-state index in [4.69, 9.17) is 14.6 Å². The number of imide groups is 2. The van der Waals surface area contributed by atoms with Crippen molar-refractivity contribution >= 4 is 29.9 Å². The van der Waals surface area contributed by atoms with E-state index >= 15 is 0 Å². The van der Waals surface area contributed by atoms with Crippen molar-refractivity contribution < 1.29 is 33.8 Å². The molecule has 4 amide bonds. The molecule has 3 rings (SSSR count). The van der Waals surface area contributed by atoms with Crippen LogP contribution in [0.25, 0.3) is 6.08 Å². The number of carboxylic acid groups (broad SMARTS) is 1. The summed E-state index contributed by atoms with van der Waals surface area (Å²) in [6.07, 6.45) is 2.74. The molecule has 0 unspecified atom stereocenters. The van der Waals surface area contributed by atoms with Gasteiger partial charge in [-0.3, -0.25) is 19.8 Å². The standard InChI is InChI=1S/C23H20N2O7/c1-3-10-25-21(27)17(20(26)24-23(25)30)11-15-6-9-18(19(12-15)31-2)32-13-14-4-7-16(8-5-14)22(28)29/h3-9,11-12H,1,10,13H2,2H3,(H,28,29)(H,24,26,30). The second kappa shape index (κ2) is 9.61. The van der Waals surface area contributed by atoms with Crippen molar-refractivity contribution in [3.8, 4) is 11.5 Å². The van der Waals surface area contributed by atoms with Gasteiger partial charge in [0.05, 0.1) is 12.7 Å². The average molecular weight is 436 g/mol. The highest BCUT2D eigenvalue weighted by Gasteiger charge is 2.34. The number of carboxylic acids is 1. The SMILES string of the molecule is C=CCN1C(=O)NC(=O)C(=Cc2ccc(OCc3ccc(C(=O)O)cc3)c(OC)c2)C1=O. The maximum atomic E-state index is 12.5. The van der Waals surface area contributed by atoms with Gasteiger partial charge < -0.3 is 14.6 Å². The summed E-state index contributed by atoms with van der Waals surface area (Å²) in [5, 5.41) is 11.1. The third-order valence-corrected chi connectivity index (χ3v) is 4.59. The van der Waals surface area contributed by atoms with Crippen LogP contribution in [-0.2, 0) is 16.2 Å². The van der Waals surface area contributed by atoms with Crippen molar-refractivity contribution in [3.63, 3.8) is 0 Å². The topological polar surface area (TPSA) is 122 Å². The second-order valence-corrected chi connectivity index (χ2v) is 6.72. The first-order valence-corrected chi connectivity index (χ1v) is 9.47. The van der Waals surface area contributed by atoms with Gasteiger partial charge >= 0.3 is 12.0 Å². The summed E-state index contributed by atoms with van der Waals surface area (Å²) < 4.78 is 11.1. The van der Waals surface area contributed by atoms with Crippen LogP contribution in [0.15, 0.2) is 60.7 Å². The molecule has 1 heterocycles. The lowest BCUT2D eigenvalue weighted by Gasteiger charge is -2.25. The molecule has 9 heteroatoms. The van der Waals surface area contributed by atoms with E-state index in [1.165, 1.54) is 31.4 Å². The molecule has 164 valence electrons. The van der Waals surface area contributed by atoms with Crippen molar-refractivity contribution in [3.05, 3.63) is 77.4 Å². The van der Waals surface area contributed by atoms with Crippen LogP contribution in [0.1, 0.15) is 21.5 Å². The normalized spacial score (nSPS) is 14.8. The smallest absolute Gasteiger partial charge is 0.335 e. The maximum Gasteiger partial charge on any atom is 0.335 e. The predicted octanol–water partition coefficient (Wildman–Crippen LogP) is 2.62. The van der Waals surface area contributed by atoms with Crippen LogP contribution >= 0.6 is 0 Å². The van der Waals surface area contributed by atoms with Gasteiger partial charge in [-0.25, -0.2) is 9.59 Å².